The molecule has 0 saturated heterocycles. The second-order valence-electron chi connectivity index (χ2n) is 8.61. The van der Waals surface area contributed by atoms with E-state index in [0.717, 1.165) is 29.2 Å². The van der Waals surface area contributed by atoms with Crippen LogP contribution in [0.5, 0.6) is 5.75 Å². The first-order chi connectivity index (χ1) is 12.9. The molecule has 2 aromatic rings. The summed E-state index contributed by atoms with van der Waals surface area (Å²) in [7, 11) is 0. The van der Waals surface area contributed by atoms with E-state index in [1.165, 1.54) is 12.8 Å². The van der Waals surface area contributed by atoms with Gasteiger partial charge in [-0.15, -0.1) is 0 Å². The van der Waals surface area contributed by atoms with Crippen molar-refractivity contribution in [1.29, 1.82) is 5.26 Å². The van der Waals surface area contributed by atoms with Gasteiger partial charge in [0.25, 0.3) is 0 Å². The van der Waals surface area contributed by atoms with Gasteiger partial charge in [0.1, 0.15) is 17.3 Å². The largest absolute Gasteiger partial charge is 0.490 e. The summed E-state index contributed by atoms with van der Waals surface area (Å²) in [4.78, 5) is 0. The van der Waals surface area contributed by atoms with Crippen molar-refractivity contribution in [2.24, 2.45) is 17.8 Å². The van der Waals surface area contributed by atoms with Crippen molar-refractivity contribution in [3.05, 3.63) is 65.7 Å². The molecule has 1 saturated carbocycles. The fraction of sp³-hybridized carbons (Fsp3) is 0.480. The average molecular weight is 362 g/mol. The zero-order valence-electron chi connectivity index (χ0n) is 17.0. The number of nitrogens with zero attached hydrogens (tertiary/aromatic N) is 1. The molecule has 2 aromatic carbocycles. The van der Waals surface area contributed by atoms with Crippen LogP contribution in [-0.2, 0) is 5.41 Å². The van der Waals surface area contributed by atoms with E-state index >= 15 is 0 Å². The van der Waals surface area contributed by atoms with Crippen molar-refractivity contribution < 1.29 is 4.74 Å². The molecule has 142 valence electrons. The summed E-state index contributed by atoms with van der Waals surface area (Å²) in [5.74, 6) is 2.90. The maximum Gasteiger partial charge on any atom is 0.119 e. The van der Waals surface area contributed by atoms with E-state index in [1.807, 2.05) is 61.5 Å². The van der Waals surface area contributed by atoms with Crippen LogP contribution < -0.4 is 4.74 Å². The maximum absolute atomic E-state index is 9.87. The molecule has 4 atom stereocenters. The Balaban J connectivity index is 1.80. The Bertz CT molecular complexity index is 774. The number of rotatable bonds is 5. The average Bonchev–Trinajstić information content (AvgIpc) is 2.68. The molecule has 1 aliphatic carbocycles. The van der Waals surface area contributed by atoms with Crippen molar-refractivity contribution in [3.8, 4) is 11.8 Å². The fourth-order valence-electron chi connectivity index (χ4n) is 4.36. The maximum atomic E-state index is 9.87. The highest BCUT2D eigenvalue weighted by molar-refractivity contribution is 5.46. The minimum absolute atomic E-state index is 0.288. The first kappa shape index (κ1) is 19.5. The number of ether oxygens (including phenoxy) is 1. The van der Waals surface area contributed by atoms with Gasteiger partial charge in [0.2, 0.25) is 0 Å². The molecule has 3 rings (SSSR count). The number of benzene rings is 2. The lowest BCUT2D eigenvalue weighted by molar-refractivity contribution is 0.0460. The molecule has 0 bridgehead atoms. The molecular weight excluding hydrogens is 330 g/mol. The lowest BCUT2D eigenvalue weighted by Gasteiger charge is -2.37. The normalized spacial score (nSPS) is 24.8. The second kappa shape index (κ2) is 8.17. The molecule has 0 amide bonds. The Morgan fingerprint density at radius 2 is 1.63 bits per heavy atom. The van der Waals surface area contributed by atoms with Gasteiger partial charge in [-0.25, -0.2) is 0 Å². The van der Waals surface area contributed by atoms with Crippen molar-refractivity contribution in [2.45, 2.75) is 58.5 Å². The quantitative estimate of drug-likeness (QED) is 0.621. The van der Waals surface area contributed by atoms with E-state index in [9.17, 15) is 5.26 Å². The van der Waals surface area contributed by atoms with E-state index in [4.69, 9.17) is 4.74 Å². The van der Waals surface area contributed by atoms with Gasteiger partial charge in [0, 0.05) is 0 Å². The van der Waals surface area contributed by atoms with E-state index in [2.05, 4.69) is 26.8 Å². The van der Waals surface area contributed by atoms with E-state index < -0.39 is 5.41 Å². The molecule has 1 aliphatic rings. The van der Waals surface area contributed by atoms with E-state index in [0.29, 0.717) is 11.8 Å². The molecule has 0 spiro atoms. The highest BCUT2D eigenvalue weighted by Crippen LogP contribution is 2.37. The molecule has 0 N–H and O–H groups in total. The van der Waals surface area contributed by atoms with Crippen molar-refractivity contribution in [2.75, 3.05) is 0 Å². The third-order valence-electron chi connectivity index (χ3n) is 6.26. The molecule has 2 nitrogen and oxygen atoms in total. The van der Waals surface area contributed by atoms with Crippen LogP contribution in [0, 0.1) is 29.1 Å². The third kappa shape index (κ3) is 4.19. The summed E-state index contributed by atoms with van der Waals surface area (Å²) in [5.41, 5.74) is 1.36. The van der Waals surface area contributed by atoms with Crippen molar-refractivity contribution in [1.82, 2.24) is 0 Å². The van der Waals surface area contributed by atoms with E-state index in [-0.39, 0.29) is 6.10 Å². The Kier molecular flexibility index (Phi) is 5.90. The van der Waals surface area contributed by atoms with Crippen LogP contribution in [-0.4, -0.2) is 6.10 Å². The van der Waals surface area contributed by atoms with Crippen molar-refractivity contribution >= 4 is 0 Å². The fourth-order valence-corrected chi connectivity index (χ4v) is 4.36. The highest BCUT2D eigenvalue weighted by atomic mass is 16.5. The first-order valence-corrected chi connectivity index (χ1v) is 10.2. The number of nitriles is 1. The summed E-state index contributed by atoms with van der Waals surface area (Å²) >= 11 is 0. The SMILES string of the molecule is CC(C)[C@H]1CC[C@@H](C)C[C@@H]1Oc1ccc(C(C)(C#N)c2ccccc2)cc1. The molecule has 0 heterocycles. The molecule has 0 aromatic heterocycles. The van der Waals surface area contributed by atoms with E-state index in [1.54, 1.807) is 0 Å². The lowest BCUT2D eigenvalue weighted by Crippen LogP contribution is -2.36. The first-order valence-electron chi connectivity index (χ1n) is 10.2. The van der Waals surface area contributed by atoms with Crippen LogP contribution in [0.3, 0.4) is 0 Å². The van der Waals surface area contributed by atoms with Gasteiger partial charge >= 0.3 is 0 Å². The summed E-state index contributed by atoms with van der Waals surface area (Å²) in [6, 6.07) is 20.6. The lowest BCUT2D eigenvalue weighted by atomic mass is 9.75. The van der Waals surface area contributed by atoms with Crippen LogP contribution in [0.2, 0.25) is 0 Å². The number of hydrogen-bond acceptors (Lipinski definition) is 2. The minimum atomic E-state index is -0.653. The molecule has 0 radical (unpaired) electrons. The van der Waals surface area contributed by atoms with Crippen LogP contribution >= 0.6 is 0 Å². The monoisotopic (exact) mass is 361 g/mol. The molecule has 2 heteroatoms. The summed E-state index contributed by atoms with van der Waals surface area (Å²) in [6.45, 7) is 8.92. The predicted octanol–water partition coefficient (Wildman–Crippen LogP) is 6.36. The Morgan fingerprint density at radius 1 is 1.00 bits per heavy atom. The van der Waals surface area contributed by atoms with Gasteiger partial charge in [0.05, 0.1) is 6.07 Å². The predicted molar refractivity (Wildman–Crippen MR) is 111 cm³/mol. The van der Waals surface area contributed by atoms with Gasteiger partial charge in [-0.1, -0.05) is 69.7 Å². The van der Waals surface area contributed by atoms with Gasteiger partial charge < -0.3 is 4.74 Å². The van der Waals surface area contributed by atoms with Gasteiger partial charge in [-0.2, -0.15) is 5.26 Å². The van der Waals surface area contributed by atoms with Gasteiger partial charge in [-0.3, -0.25) is 0 Å². The topological polar surface area (TPSA) is 33.0 Å². The van der Waals surface area contributed by atoms with Crippen LogP contribution in [0.4, 0.5) is 0 Å². The molecule has 27 heavy (non-hydrogen) atoms. The zero-order chi connectivity index (χ0) is 19.4. The minimum Gasteiger partial charge on any atom is -0.490 e. The Morgan fingerprint density at radius 3 is 2.22 bits per heavy atom. The van der Waals surface area contributed by atoms with Gasteiger partial charge in [-0.05, 0) is 60.8 Å². The summed E-state index contributed by atoms with van der Waals surface area (Å²) in [5, 5.41) is 9.87. The second-order valence-corrected chi connectivity index (χ2v) is 8.61. The summed E-state index contributed by atoms with van der Waals surface area (Å²) in [6.07, 6.45) is 3.97. The zero-order valence-corrected chi connectivity index (χ0v) is 17.0. The standard InChI is InChI=1S/C25H31NO/c1-18(2)23-15-10-19(3)16-24(23)27-22-13-11-21(12-14-22)25(4,17-26)20-8-6-5-7-9-20/h5-9,11-14,18-19,23-24H,10,15-16H2,1-4H3/t19-,23-,24+,25?/m1/s1. The molecule has 1 fully saturated rings. The smallest absolute Gasteiger partial charge is 0.119 e. The highest BCUT2D eigenvalue weighted by Gasteiger charge is 2.33. The van der Waals surface area contributed by atoms with Crippen LogP contribution in [0.25, 0.3) is 0 Å². The Hall–Kier alpha value is -2.27. The van der Waals surface area contributed by atoms with Crippen LogP contribution in [0.15, 0.2) is 54.6 Å². The van der Waals surface area contributed by atoms with Crippen molar-refractivity contribution in [3.63, 3.8) is 0 Å². The van der Waals surface area contributed by atoms with Gasteiger partial charge in [0.15, 0.2) is 0 Å². The van der Waals surface area contributed by atoms with Crippen LogP contribution in [0.1, 0.15) is 58.1 Å². The number of hydrogen-bond donors (Lipinski definition) is 0. The molecule has 1 unspecified atom stereocenters. The third-order valence-corrected chi connectivity index (χ3v) is 6.26. The Labute approximate surface area is 164 Å². The summed E-state index contributed by atoms with van der Waals surface area (Å²) < 4.78 is 6.42. The molecular formula is C25H31NO. The molecule has 0 aliphatic heterocycles.